The van der Waals surface area contributed by atoms with Gasteiger partial charge in [0.2, 0.25) is 0 Å². The van der Waals surface area contributed by atoms with Crippen molar-refractivity contribution in [1.29, 1.82) is 0 Å². The van der Waals surface area contributed by atoms with E-state index in [1.165, 1.54) is 13.0 Å². The molecule has 0 bridgehead atoms. The summed E-state index contributed by atoms with van der Waals surface area (Å²) in [7, 11) is 0. The molecule has 3 aliphatic rings. The minimum absolute atomic E-state index is 0.127. The van der Waals surface area contributed by atoms with Gasteiger partial charge in [0.15, 0.2) is 12.2 Å². The van der Waals surface area contributed by atoms with Crippen molar-refractivity contribution in [3.05, 3.63) is 35.5 Å². The van der Waals surface area contributed by atoms with E-state index in [1.54, 1.807) is 26.8 Å². The van der Waals surface area contributed by atoms with E-state index in [0.717, 1.165) is 18.4 Å². The first-order valence-corrected chi connectivity index (χ1v) is 11.6. The molecule has 1 N–H and O–H groups in total. The molecule has 0 spiro atoms. The fourth-order valence-electron chi connectivity index (χ4n) is 5.73. The highest BCUT2D eigenvalue weighted by molar-refractivity contribution is 5.86. The highest BCUT2D eigenvalue weighted by Gasteiger charge is 2.69. The molecule has 0 amide bonds. The van der Waals surface area contributed by atoms with Gasteiger partial charge in [-0.3, -0.25) is 9.59 Å². The van der Waals surface area contributed by atoms with Crippen molar-refractivity contribution in [2.75, 3.05) is 6.61 Å². The smallest absolute Gasteiger partial charge is 0.331 e. The zero-order valence-corrected chi connectivity index (χ0v) is 20.6. The summed E-state index contributed by atoms with van der Waals surface area (Å²) in [6.45, 7) is 12.6. The first kappa shape index (κ1) is 25.2. The van der Waals surface area contributed by atoms with Gasteiger partial charge >= 0.3 is 17.9 Å². The molecule has 6 atom stereocenters. The van der Waals surface area contributed by atoms with Gasteiger partial charge in [0.25, 0.3) is 0 Å². The number of ether oxygens (including phenoxy) is 3. The van der Waals surface area contributed by atoms with Crippen LogP contribution >= 0.6 is 0 Å². The molecule has 0 aromatic carbocycles. The lowest BCUT2D eigenvalue weighted by molar-refractivity contribution is -0.266. The Morgan fingerprint density at radius 1 is 1.21 bits per heavy atom. The number of esters is 3. The SMILES string of the molecule is CC(=O)O[C@H]1[C@H](OC(=O)C(C)C)[C@](C)(O)[C@](C)(/C=C/C2=CC(=O)OC2)[C@H]2CCC=C(C)[C@]12C. The van der Waals surface area contributed by atoms with Crippen LogP contribution < -0.4 is 0 Å². The molecule has 33 heavy (non-hydrogen) atoms. The third kappa shape index (κ3) is 4.16. The zero-order chi connectivity index (χ0) is 24.8. The number of fused-ring (bicyclic) bond motifs is 1. The van der Waals surface area contributed by atoms with Gasteiger partial charge in [0, 0.05) is 23.8 Å². The second kappa shape index (κ2) is 8.75. The molecule has 1 fully saturated rings. The Morgan fingerprint density at radius 3 is 2.42 bits per heavy atom. The maximum absolute atomic E-state index is 12.7. The van der Waals surface area contributed by atoms with Crippen LogP contribution in [0.5, 0.6) is 0 Å². The first-order chi connectivity index (χ1) is 15.2. The van der Waals surface area contributed by atoms with Gasteiger partial charge < -0.3 is 19.3 Å². The molecule has 0 aromatic heterocycles. The molecule has 1 heterocycles. The number of aliphatic hydroxyl groups is 1. The standard InChI is InChI=1S/C26H36O7/c1-15(2)23(29)33-22-21(32-17(4)27)25(6)16(3)9-8-10-19(25)24(5,26(22,7)30)12-11-18-13-20(28)31-14-18/h9,11-13,15,19,21-22,30H,8,10,14H2,1-7H3/b12-11+/t19-,21+,22+,24-,25+,26+/m1/s1. The number of hydrogen-bond acceptors (Lipinski definition) is 7. The fourth-order valence-corrected chi connectivity index (χ4v) is 5.73. The van der Waals surface area contributed by atoms with Crippen molar-refractivity contribution < 1.29 is 33.7 Å². The lowest BCUT2D eigenvalue weighted by Crippen LogP contribution is -2.72. The second-order valence-corrected chi connectivity index (χ2v) is 10.4. The predicted molar refractivity (Wildman–Crippen MR) is 122 cm³/mol. The van der Waals surface area contributed by atoms with E-state index in [4.69, 9.17) is 14.2 Å². The van der Waals surface area contributed by atoms with E-state index < -0.39 is 52.5 Å². The summed E-state index contributed by atoms with van der Waals surface area (Å²) >= 11 is 0. The molecule has 0 aromatic rings. The van der Waals surface area contributed by atoms with E-state index in [2.05, 4.69) is 6.08 Å². The van der Waals surface area contributed by atoms with Crippen molar-refractivity contribution in [2.45, 2.75) is 79.1 Å². The molecule has 3 rings (SSSR count). The van der Waals surface area contributed by atoms with Gasteiger partial charge in [-0.2, -0.15) is 0 Å². The first-order valence-electron chi connectivity index (χ1n) is 11.6. The number of carbonyl (C=O) groups excluding carboxylic acids is 3. The molecule has 1 aliphatic heterocycles. The largest absolute Gasteiger partial charge is 0.458 e. The second-order valence-electron chi connectivity index (χ2n) is 10.4. The van der Waals surface area contributed by atoms with Crippen LogP contribution in [0.25, 0.3) is 0 Å². The maximum Gasteiger partial charge on any atom is 0.331 e. The number of hydrogen-bond donors (Lipinski definition) is 1. The summed E-state index contributed by atoms with van der Waals surface area (Å²) in [6.07, 6.45) is 6.89. The topological polar surface area (TPSA) is 99.1 Å². The van der Waals surface area contributed by atoms with E-state index >= 15 is 0 Å². The Hall–Kier alpha value is -2.41. The Labute approximate surface area is 195 Å². The summed E-state index contributed by atoms with van der Waals surface area (Å²) in [5, 5.41) is 12.1. The van der Waals surface area contributed by atoms with Gasteiger partial charge in [-0.05, 0) is 38.2 Å². The zero-order valence-electron chi connectivity index (χ0n) is 20.6. The molecule has 182 valence electrons. The quantitative estimate of drug-likeness (QED) is 0.380. The van der Waals surface area contributed by atoms with Gasteiger partial charge in [-0.15, -0.1) is 0 Å². The lowest BCUT2D eigenvalue weighted by Gasteiger charge is -2.64. The molecule has 0 saturated heterocycles. The number of allylic oxidation sites excluding steroid dienone is 1. The molecule has 0 radical (unpaired) electrons. The van der Waals surface area contributed by atoms with Gasteiger partial charge in [-0.25, -0.2) is 4.79 Å². The van der Waals surface area contributed by atoms with E-state index in [-0.39, 0.29) is 12.5 Å². The molecular weight excluding hydrogens is 424 g/mol. The molecular formula is C26H36O7. The van der Waals surface area contributed by atoms with Crippen LogP contribution in [0, 0.1) is 22.7 Å². The molecule has 1 saturated carbocycles. The number of cyclic esters (lactones) is 1. The van der Waals surface area contributed by atoms with Crippen molar-refractivity contribution in [1.82, 2.24) is 0 Å². The van der Waals surface area contributed by atoms with Crippen LogP contribution in [-0.4, -0.2) is 47.4 Å². The van der Waals surface area contributed by atoms with Gasteiger partial charge in [0.05, 0.1) is 5.92 Å². The highest BCUT2D eigenvalue weighted by Crippen LogP contribution is 2.63. The molecule has 7 heteroatoms. The van der Waals surface area contributed by atoms with Crippen LogP contribution in [0.3, 0.4) is 0 Å². The number of rotatable bonds is 5. The predicted octanol–water partition coefficient (Wildman–Crippen LogP) is 3.66. The summed E-state index contributed by atoms with van der Waals surface area (Å²) in [5.41, 5.74) is -1.38. The Bertz CT molecular complexity index is 925. The average molecular weight is 461 g/mol. The Morgan fingerprint density at radius 2 is 1.88 bits per heavy atom. The van der Waals surface area contributed by atoms with E-state index in [0.29, 0.717) is 5.57 Å². The maximum atomic E-state index is 12.7. The third-order valence-corrected chi connectivity index (χ3v) is 8.05. The van der Waals surface area contributed by atoms with Crippen molar-refractivity contribution in [2.24, 2.45) is 22.7 Å². The average Bonchev–Trinajstić information content (AvgIpc) is 3.14. The monoisotopic (exact) mass is 460 g/mol. The normalized spacial score (nSPS) is 38.5. The highest BCUT2D eigenvalue weighted by atomic mass is 16.6. The summed E-state index contributed by atoms with van der Waals surface area (Å²) in [5.74, 6) is -1.90. The summed E-state index contributed by atoms with van der Waals surface area (Å²) in [6, 6.07) is 0. The molecule has 0 unspecified atom stereocenters. The Kier molecular flexibility index (Phi) is 6.68. The van der Waals surface area contributed by atoms with Crippen LogP contribution in [-0.2, 0) is 28.6 Å². The lowest BCUT2D eigenvalue weighted by atomic mass is 9.44. The number of carbonyl (C=O) groups is 3. The van der Waals surface area contributed by atoms with Crippen LogP contribution in [0.4, 0.5) is 0 Å². The third-order valence-electron chi connectivity index (χ3n) is 8.05. The summed E-state index contributed by atoms with van der Waals surface area (Å²) in [4.78, 5) is 36.4. The summed E-state index contributed by atoms with van der Waals surface area (Å²) < 4.78 is 16.8. The van der Waals surface area contributed by atoms with Crippen LogP contribution in [0.15, 0.2) is 35.5 Å². The van der Waals surface area contributed by atoms with Gasteiger partial charge in [-0.1, -0.05) is 51.5 Å². The van der Waals surface area contributed by atoms with Crippen molar-refractivity contribution >= 4 is 17.9 Å². The molecule has 2 aliphatic carbocycles. The fraction of sp³-hybridized carbons (Fsp3) is 0.654. The Balaban J connectivity index is 2.19. The van der Waals surface area contributed by atoms with Crippen molar-refractivity contribution in [3.8, 4) is 0 Å². The van der Waals surface area contributed by atoms with Crippen LogP contribution in [0.1, 0.15) is 61.3 Å². The van der Waals surface area contributed by atoms with Gasteiger partial charge in [0.1, 0.15) is 12.2 Å². The van der Waals surface area contributed by atoms with E-state index in [1.807, 2.05) is 26.8 Å². The van der Waals surface area contributed by atoms with E-state index in [9.17, 15) is 19.5 Å². The minimum atomic E-state index is -1.57. The van der Waals surface area contributed by atoms with Crippen LogP contribution in [0.2, 0.25) is 0 Å². The minimum Gasteiger partial charge on any atom is -0.458 e. The molecule has 7 nitrogen and oxygen atoms in total. The van der Waals surface area contributed by atoms with Crippen molar-refractivity contribution in [3.63, 3.8) is 0 Å².